The number of rotatable bonds is 3. The van der Waals surface area contributed by atoms with Crippen molar-refractivity contribution in [3.8, 4) is 5.75 Å². The maximum atomic E-state index is 12.0. The molecule has 0 saturated heterocycles. The van der Waals surface area contributed by atoms with Gasteiger partial charge in [0.15, 0.2) is 12.3 Å². The second-order valence-corrected chi connectivity index (χ2v) is 4.37. The van der Waals surface area contributed by atoms with Crippen LogP contribution in [0.5, 0.6) is 5.75 Å². The van der Waals surface area contributed by atoms with Crippen LogP contribution in [-0.4, -0.2) is 26.7 Å². The molecule has 0 spiro atoms. The molecule has 0 saturated carbocycles. The van der Waals surface area contributed by atoms with Crippen LogP contribution in [0.3, 0.4) is 0 Å². The van der Waals surface area contributed by atoms with Crippen LogP contribution in [0.25, 0.3) is 5.65 Å². The van der Waals surface area contributed by atoms with E-state index in [9.17, 15) is 9.59 Å². The number of fused-ring (bicyclic) bond motifs is 1. The number of hydrogen-bond acceptors (Lipinski definition) is 5. The quantitative estimate of drug-likeness (QED) is 0.718. The summed E-state index contributed by atoms with van der Waals surface area (Å²) in [4.78, 5) is 24.0. The van der Waals surface area contributed by atoms with Crippen LogP contribution in [0.15, 0.2) is 53.5 Å². The zero-order valence-electron chi connectivity index (χ0n) is 11.0. The Bertz CT molecular complexity index is 849. The summed E-state index contributed by atoms with van der Waals surface area (Å²) in [6, 6.07) is 11.7. The molecule has 2 heterocycles. The summed E-state index contributed by atoms with van der Waals surface area (Å²) in [5.74, 6) is -0.0464. The van der Waals surface area contributed by atoms with Gasteiger partial charge in [0.25, 0.3) is 5.91 Å². The number of nitrogen functional groups attached to an aromatic ring is 1. The van der Waals surface area contributed by atoms with Gasteiger partial charge in [0.05, 0.1) is 0 Å². The second kappa shape index (κ2) is 5.12. The van der Waals surface area contributed by atoms with Crippen LogP contribution < -0.4 is 16.2 Å². The first-order chi connectivity index (χ1) is 10.1. The van der Waals surface area contributed by atoms with Crippen LogP contribution in [0.4, 0.5) is 5.69 Å². The van der Waals surface area contributed by atoms with E-state index in [2.05, 4.69) is 5.10 Å². The zero-order chi connectivity index (χ0) is 14.8. The number of nitrogens with two attached hydrogens (primary N) is 1. The lowest BCUT2D eigenvalue weighted by Gasteiger charge is -2.04. The first kappa shape index (κ1) is 12.9. The average molecular weight is 284 g/mol. The van der Waals surface area contributed by atoms with Gasteiger partial charge in [0.2, 0.25) is 0 Å². The third-order valence-corrected chi connectivity index (χ3v) is 2.91. The van der Waals surface area contributed by atoms with E-state index in [0.29, 0.717) is 17.1 Å². The topological polar surface area (TPSA) is 91.6 Å². The van der Waals surface area contributed by atoms with Gasteiger partial charge in [-0.15, -0.1) is 9.78 Å². The van der Waals surface area contributed by atoms with Crippen molar-refractivity contribution in [2.24, 2.45) is 0 Å². The smallest absolute Gasteiger partial charge is 0.357 e. The standard InChI is InChI=1S/C14H12N4O3/c15-10-4-6-11(7-5-10)21-9-13(19)18-14(20)17-8-2-1-3-12(17)16-18/h1-8H,9,15H2. The van der Waals surface area contributed by atoms with Crippen molar-refractivity contribution in [2.45, 2.75) is 0 Å². The third kappa shape index (κ3) is 2.48. The van der Waals surface area contributed by atoms with E-state index in [1.165, 1.54) is 4.40 Å². The fourth-order valence-corrected chi connectivity index (χ4v) is 1.86. The fourth-order valence-electron chi connectivity index (χ4n) is 1.86. The maximum Gasteiger partial charge on any atom is 0.357 e. The van der Waals surface area contributed by atoms with Crippen molar-refractivity contribution in [3.05, 3.63) is 59.1 Å². The van der Waals surface area contributed by atoms with Crippen molar-refractivity contribution >= 4 is 17.2 Å². The molecule has 0 unspecified atom stereocenters. The summed E-state index contributed by atoms with van der Waals surface area (Å²) < 4.78 is 7.41. The van der Waals surface area contributed by atoms with Crippen LogP contribution in [-0.2, 0) is 0 Å². The molecule has 106 valence electrons. The number of anilines is 1. The van der Waals surface area contributed by atoms with Gasteiger partial charge in [-0.05, 0) is 36.4 Å². The van der Waals surface area contributed by atoms with Crippen molar-refractivity contribution < 1.29 is 9.53 Å². The number of carbonyl (C=O) groups is 1. The molecule has 7 heteroatoms. The average Bonchev–Trinajstić information content (AvgIpc) is 2.84. The highest BCUT2D eigenvalue weighted by Gasteiger charge is 2.14. The van der Waals surface area contributed by atoms with Gasteiger partial charge in [0, 0.05) is 11.9 Å². The van der Waals surface area contributed by atoms with Gasteiger partial charge < -0.3 is 10.5 Å². The van der Waals surface area contributed by atoms with Crippen LogP contribution in [0.2, 0.25) is 0 Å². The molecule has 21 heavy (non-hydrogen) atoms. The third-order valence-electron chi connectivity index (χ3n) is 2.91. The monoisotopic (exact) mass is 284 g/mol. The minimum absolute atomic E-state index is 0.284. The minimum Gasteiger partial charge on any atom is -0.484 e. The molecule has 0 amide bonds. The molecule has 3 rings (SSSR count). The van der Waals surface area contributed by atoms with E-state index < -0.39 is 11.6 Å². The molecule has 1 aromatic carbocycles. The van der Waals surface area contributed by atoms with Crippen LogP contribution >= 0.6 is 0 Å². The number of pyridine rings is 1. The van der Waals surface area contributed by atoms with E-state index in [0.717, 1.165) is 4.68 Å². The Morgan fingerprint density at radius 1 is 1.19 bits per heavy atom. The molecular formula is C14H12N4O3. The highest BCUT2D eigenvalue weighted by atomic mass is 16.5. The second-order valence-electron chi connectivity index (χ2n) is 4.37. The number of benzene rings is 1. The van der Waals surface area contributed by atoms with Crippen molar-refractivity contribution in [3.63, 3.8) is 0 Å². The molecule has 0 atom stereocenters. The Balaban J connectivity index is 1.79. The van der Waals surface area contributed by atoms with Gasteiger partial charge in [0.1, 0.15) is 5.75 Å². The SMILES string of the molecule is Nc1ccc(OCC(=O)n2nc3ccccn3c2=O)cc1. The highest BCUT2D eigenvalue weighted by Crippen LogP contribution is 2.12. The molecule has 0 bridgehead atoms. The molecule has 2 aromatic heterocycles. The molecular weight excluding hydrogens is 272 g/mol. The van der Waals surface area contributed by atoms with Gasteiger partial charge in [-0.25, -0.2) is 9.20 Å². The lowest BCUT2D eigenvalue weighted by molar-refractivity contribution is 0.0816. The Hall–Kier alpha value is -3.09. The van der Waals surface area contributed by atoms with Gasteiger partial charge in [-0.2, -0.15) is 0 Å². The summed E-state index contributed by atoms with van der Waals surface area (Å²) in [7, 11) is 0. The maximum absolute atomic E-state index is 12.0. The van der Waals surface area contributed by atoms with Crippen molar-refractivity contribution in [1.82, 2.24) is 14.2 Å². The molecule has 0 aliphatic carbocycles. The first-order valence-electron chi connectivity index (χ1n) is 6.23. The molecule has 0 aliphatic heterocycles. The number of carbonyl (C=O) groups excluding carboxylic acids is 1. The molecule has 2 N–H and O–H groups in total. The Morgan fingerprint density at radius 2 is 1.95 bits per heavy atom. The summed E-state index contributed by atoms with van der Waals surface area (Å²) >= 11 is 0. The van der Waals surface area contributed by atoms with E-state index in [1.807, 2.05) is 0 Å². The lowest BCUT2D eigenvalue weighted by Crippen LogP contribution is -2.31. The largest absolute Gasteiger partial charge is 0.484 e. The Kier molecular flexibility index (Phi) is 3.15. The van der Waals surface area contributed by atoms with Crippen LogP contribution in [0.1, 0.15) is 4.79 Å². The molecule has 3 aromatic rings. The van der Waals surface area contributed by atoms with Crippen molar-refractivity contribution in [2.75, 3.05) is 12.3 Å². The predicted molar refractivity (Wildman–Crippen MR) is 76.4 cm³/mol. The number of ether oxygens (including phenoxy) is 1. The normalized spacial score (nSPS) is 10.7. The minimum atomic E-state index is -0.541. The molecule has 0 aliphatic rings. The summed E-state index contributed by atoms with van der Waals surface area (Å²) in [6.07, 6.45) is 1.55. The van der Waals surface area contributed by atoms with Gasteiger partial charge in [-0.1, -0.05) is 6.07 Å². The number of hydrogen-bond donors (Lipinski definition) is 1. The van der Waals surface area contributed by atoms with E-state index in [1.54, 1.807) is 48.7 Å². The first-order valence-corrected chi connectivity index (χ1v) is 6.23. The summed E-state index contributed by atoms with van der Waals surface area (Å²) in [5, 5.41) is 3.96. The lowest BCUT2D eigenvalue weighted by atomic mass is 10.3. The fraction of sp³-hybridized carbons (Fsp3) is 0.0714. The summed E-state index contributed by atoms with van der Waals surface area (Å²) in [6.45, 7) is -0.284. The molecule has 7 nitrogen and oxygen atoms in total. The van der Waals surface area contributed by atoms with Gasteiger partial charge in [-0.3, -0.25) is 4.79 Å². The number of nitrogens with zero attached hydrogens (tertiary/aromatic N) is 3. The van der Waals surface area contributed by atoms with E-state index in [-0.39, 0.29) is 6.61 Å². The summed E-state index contributed by atoms with van der Waals surface area (Å²) in [5.41, 5.74) is 6.05. The predicted octanol–water partition coefficient (Wildman–Crippen LogP) is 0.797. The zero-order valence-corrected chi connectivity index (χ0v) is 11.0. The highest BCUT2D eigenvalue weighted by molar-refractivity contribution is 5.79. The number of aromatic nitrogens is 3. The van der Waals surface area contributed by atoms with Crippen molar-refractivity contribution in [1.29, 1.82) is 0 Å². The Labute approximate surface area is 119 Å². The molecule has 0 fully saturated rings. The van der Waals surface area contributed by atoms with E-state index >= 15 is 0 Å². The van der Waals surface area contributed by atoms with Gasteiger partial charge >= 0.3 is 5.69 Å². The van der Waals surface area contributed by atoms with E-state index in [4.69, 9.17) is 10.5 Å². The van der Waals surface area contributed by atoms with Crippen LogP contribution in [0, 0.1) is 0 Å². The molecule has 0 radical (unpaired) electrons. The Morgan fingerprint density at radius 3 is 2.67 bits per heavy atom.